The van der Waals surface area contributed by atoms with E-state index in [4.69, 9.17) is 11.3 Å². The fraction of sp³-hybridized carbons (Fsp3) is 0. The van der Waals surface area contributed by atoms with E-state index in [-0.39, 0.29) is 11.4 Å². The highest BCUT2D eigenvalue weighted by molar-refractivity contribution is 5.96. The van der Waals surface area contributed by atoms with Crippen LogP contribution in [-0.4, -0.2) is 16.1 Å². The molecule has 0 bridgehead atoms. The minimum Gasteiger partial charge on any atom is -0.365 e. The number of carbonyl (C=O) groups is 1. The average molecular weight is 153 g/mol. The van der Waals surface area contributed by atoms with E-state index < -0.39 is 5.91 Å². The van der Waals surface area contributed by atoms with Crippen LogP contribution in [0, 0.1) is 5.53 Å². The van der Waals surface area contributed by atoms with Crippen LogP contribution in [0.1, 0.15) is 10.4 Å². The fourth-order valence-electron chi connectivity index (χ4n) is 0.586. The molecule has 1 amide bonds. The van der Waals surface area contributed by atoms with Crippen molar-refractivity contribution in [1.82, 2.24) is 15.1 Å². The third-order valence-electron chi connectivity index (χ3n) is 1.03. The Bertz CT molecular complexity index is 305. The summed E-state index contributed by atoms with van der Waals surface area (Å²) in [6.45, 7) is 0. The van der Waals surface area contributed by atoms with Gasteiger partial charge in [0.15, 0.2) is 5.11 Å². The van der Waals surface area contributed by atoms with Crippen molar-refractivity contribution in [3.8, 4) is 0 Å². The van der Waals surface area contributed by atoms with E-state index in [1.165, 1.54) is 6.20 Å². The smallest absolute Gasteiger partial charge is 0.254 e. The maximum absolute atomic E-state index is 10.6. The van der Waals surface area contributed by atoms with Crippen molar-refractivity contribution in [1.29, 1.82) is 5.53 Å². The van der Waals surface area contributed by atoms with E-state index >= 15 is 0 Å². The zero-order valence-electron chi connectivity index (χ0n) is 5.40. The van der Waals surface area contributed by atoms with Gasteiger partial charge in [0.2, 0.25) is 10.7 Å². The largest absolute Gasteiger partial charge is 0.365 e. The molecule has 7 nitrogen and oxygen atoms in total. The molecule has 0 radical (unpaired) electrons. The summed E-state index contributed by atoms with van der Waals surface area (Å²) in [5.74, 6) is -0.548. The topological polar surface area (TPSA) is 122 Å². The van der Waals surface area contributed by atoms with Gasteiger partial charge in [-0.25, -0.2) is 0 Å². The van der Waals surface area contributed by atoms with Crippen molar-refractivity contribution in [2.75, 3.05) is 0 Å². The molecule has 0 aliphatic rings. The average Bonchev–Trinajstić information content (AvgIpc) is 2.36. The number of aromatic amines is 1. The van der Waals surface area contributed by atoms with Crippen LogP contribution in [0.3, 0.4) is 0 Å². The first-order chi connectivity index (χ1) is 5.25. The highest BCUT2D eigenvalue weighted by Crippen LogP contribution is 2.11. The molecule has 0 aliphatic heterocycles. The second-order valence-electron chi connectivity index (χ2n) is 1.70. The third kappa shape index (κ3) is 1.28. The molecule has 0 fully saturated rings. The number of primary amides is 1. The van der Waals surface area contributed by atoms with E-state index in [0.29, 0.717) is 0 Å². The van der Waals surface area contributed by atoms with Crippen molar-refractivity contribution >= 4 is 11.7 Å². The van der Waals surface area contributed by atoms with Gasteiger partial charge in [0.25, 0.3) is 5.91 Å². The van der Waals surface area contributed by atoms with Gasteiger partial charge in [0.1, 0.15) is 11.1 Å². The molecule has 0 aromatic carbocycles. The van der Waals surface area contributed by atoms with E-state index in [9.17, 15) is 4.79 Å². The van der Waals surface area contributed by atoms with Gasteiger partial charge in [-0.1, -0.05) is 0 Å². The summed E-state index contributed by atoms with van der Waals surface area (Å²) in [7, 11) is 0. The monoisotopic (exact) mass is 153 g/mol. The van der Waals surface area contributed by atoms with Gasteiger partial charge in [-0.05, 0) is 0 Å². The van der Waals surface area contributed by atoms with Crippen molar-refractivity contribution in [2.24, 2.45) is 10.8 Å². The van der Waals surface area contributed by atoms with Gasteiger partial charge in [-0.15, -0.1) is 0 Å². The molecule has 0 saturated heterocycles. The summed E-state index contributed by atoms with van der Waals surface area (Å²) in [6.07, 6.45) is 1.23. The molecule has 0 spiro atoms. The molecular weight excluding hydrogens is 148 g/mol. The molecule has 0 saturated carbocycles. The Kier molecular flexibility index (Phi) is 1.75. The molecule has 0 unspecified atom stereocenters. The predicted molar refractivity (Wildman–Crippen MR) is 34.0 cm³/mol. The molecule has 11 heavy (non-hydrogen) atoms. The first kappa shape index (κ1) is 7.10. The Morgan fingerprint density at radius 2 is 2.64 bits per heavy atom. The van der Waals surface area contributed by atoms with Crippen LogP contribution in [0.2, 0.25) is 0 Å². The summed E-state index contributed by atoms with van der Waals surface area (Å²) in [4.78, 5) is 13.3. The van der Waals surface area contributed by atoms with Gasteiger partial charge < -0.3 is 5.73 Å². The van der Waals surface area contributed by atoms with Crippen LogP contribution < -0.4 is 10.6 Å². The van der Waals surface area contributed by atoms with Crippen LogP contribution in [-0.2, 0) is 0 Å². The van der Waals surface area contributed by atoms with Crippen LogP contribution in [0.4, 0.5) is 5.82 Å². The van der Waals surface area contributed by atoms with E-state index in [0.717, 1.165) is 0 Å². The molecular formula is C4H5N6O+. The number of carbonyl (C=O) groups excluding carboxylic acids is 1. The first-order valence-electron chi connectivity index (χ1n) is 2.66. The molecule has 0 aliphatic carbocycles. The summed E-state index contributed by atoms with van der Waals surface area (Å²) in [6, 6.07) is 0. The lowest BCUT2D eigenvalue weighted by molar-refractivity contribution is 0.100. The quantitative estimate of drug-likeness (QED) is 0.398. The zero-order chi connectivity index (χ0) is 8.27. The van der Waals surface area contributed by atoms with E-state index in [1.54, 1.807) is 0 Å². The lowest BCUT2D eigenvalue weighted by Gasteiger charge is -1.82. The highest BCUT2D eigenvalue weighted by Gasteiger charge is 2.12. The van der Waals surface area contributed by atoms with Crippen molar-refractivity contribution < 1.29 is 4.79 Å². The van der Waals surface area contributed by atoms with Crippen molar-refractivity contribution in [3.05, 3.63) is 11.8 Å². The van der Waals surface area contributed by atoms with Crippen molar-refractivity contribution in [3.63, 3.8) is 0 Å². The standard InChI is InChI=1S/C4H4N6O/c5-3(11)2-1-7-8-4(2)9-10-6/h1,6H,(H2,5,11)/p+1. The number of aromatic nitrogens is 2. The number of nitrogens with zero attached hydrogens (tertiary/aromatic N) is 3. The van der Waals surface area contributed by atoms with Crippen LogP contribution in [0.5, 0.6) is 0 Å². The maximum atomic E-state index is 10.6. The number of rotatable bonds is 2. The Morgan fingerprint density at radius 1 is 1.91 bits per heavy atom. The lowest BCUT2D eigenvalue weighted by atomic mass is 10.3. The number of hydrogen-bond donors (Lipinski definition) is 3. The van der Waals surface area contributed by atoms with Gasteiger partial charge in [-0.3, -0.25) is 9.89 Å². The maximum Gasteiger partial charge on any atom is 0.254 e. The normalized spacial score (nSPS) is 8.73. The number of amides is 1. The Labute approximate surface area is 60.8 Å². The Balaban J connectivity index is 3.15. The fourth-order valence-corrected chi connectivity index (χ4v) is 0.586. The molecule has 0 atom stereocenters. The molecule has 56 valence electrons. The first-order valence-corrected chi connectivity index (χ1v) is 2.66. The van der Waals surface area contributed by atoms with E-state index in [2.05, 4.69) is 20.2 Å². The summed E-state index contributed by atoms with van der Waals surface area (Å²) in [5, 5.41) is 9.12. The Morgan fingerprint density at radius 3 is 3.18 bits per heavy atom. The van der Waals surface area contributed by atoms with Gasteiger partial charge in [0.05, 0.1) is 6.20 Å². The number of nitrogens with two attached hydrogens (primary N) is 1. The molecule has 7 heteroatoms. The van der Waals surface area contributed by atoms with Gasteiger partial charge >= 0.3 is 0 Å². The minimum absolute atomic E-state index is 0.104. The van der Waals surface area contributed by atoms with Crippen molar-refractivity contribution in [2.45, 2.75) is 0 Å². The molecule has 1 heterocycles. The Hall–Kier alpha value is -2.01. The van der Waals surface area contributed by atoms with Crippen LogP contribution >= 0.6 is 0 Å². The number of hydrogen-bond acceptors (Lipinski definition) is 4. The molecule has 1 aromatic rings. The van der Waals surface area contributed by atoms with Gasteiger partial charge in [0, 0.05) is 0 Å². The highest BCUT2D eigenvalue weighted by atomic mass is 16.1. The molecule has 1 aromatic heterocycles. The SMILES string of the molecule is N=[N+]=Nc1[nH]ncc1C(N)=O. The second kappa shape index (κ2) is 2.72. The number of nitrogens with one attached hydrogen (secondary N) is 2. The number of H-pyrrole nitrogens is 1. The zero-order valence-corrected chi connectivity index (χ0v) is 5.40. The summed E-state index contributed by atoms with van der Waals surface area (Å²) < 4.78 is 0. The molecule has 4 N–H and O–H groups in total. The van der Waals surface area contributed by atoms with Crippen LogP contribution in [0.25, 0.3) is 0 Å². The van der Waals surface area contributed by atoms with E-state index in [1.807, 2.05) is 0 Å². The second-order valence-corrected chi connectivity index (χ2v) is 1.70. The third-order valence-corrected chi connectivity index (χ3v) is 1.03. The van der Waals surface area contributed by atoms with Crippen LogP contribution in [0.15, 0.2) is 11.3 Å². The predicted octanol–water partition coefficient (Wildman–Crippen LogP) is -0.310. The van der Waals surface area contributed by atoms with Gasteiger partial charge in [-0.2, -0.15) is 5.10 Å². The minimum atomic E-state index is -0.652. The summed E-state index contributed by atoms with van der Waals surface area (Å²) >= 11 is 0. The summed E-state index contributed by atoms with van der Waals surface area (Å²) in [5.41, 5.74) is 11.4. The lowest BCUT2D eigenvalue weighted by Crippen LogP contribution is -2.09. The molecule has 1 rings (SSSR count).